The Hall–Kier alpha value is -4.27. The zero-order chi connectivity index (χ0) is 30.5. The number of fused-ring (bicyclic) bond motifs is 1. The Morgan fingerprint density at radius 2 is 1.74 bits per heavy atom. The van der Waals surface area contributed by atoms with Crippen LogP contribution in [0.1, 0.15) is 38.2 Å². The van der Waals surface area contributed by atoms with Gasteiger partial charge in [0.15, 0.2) is 11.6 Å². The maximum Gasteiger partial charge on any atom is 0.238 e. The van der Waals surface area contributed by atoms with E-state index in [1.54, 1.807) is 30.3 Å². The van der Waals surface area contributed by atoms with Crippen molar-refractivity contribution in [1.82, 2.24) is 0 Å². The molecule has 0 saturated carbocycles. The molecule has 0 bridgehead atoms. The predicted molar refractivity (Wildman–Crippen MR) is 162 cm³/mol. The molecular formula is C35H36FNO6. The number of hydrogen-bond acceptors (Lipinski definition) is 6. The van der Waals surface area contributed by atoms with E-state index >= 15 is 0 Å². The van der Waals surface area contributed by atoms with Crippen LogP contribution in [0.4, 0.5) is 10.1 Å². The van der Waals surface area contributed by atoms with E-state index in [1.807, 2.05) is 49.4 Å². The quantitative estimate of drug-likeness (QED) is 0.198. The van der Waals surface area contributed by atoms with E-state index in [0.717, 1.165) is 5.57 Å². The lowest BCUT2D eigenvalue weighted by Crippen LogP contribution is -2.40. The van der Waals surface area contributed by atoms with Gasteiger partial charge in [-0.05, 0) is 78.8 Å². The van der Waals surface area contributed by atoms with Crippen LogP contribution in [-0.4, -0.2) is 46.5 Å². The van der Waals surface area contributed by atoms with Crippen molar-refractivity contribution in [2.45, 2.75) is 38.7 Å². The van der Waals surface area contributed by atoms with Gasteiger partial charge in [0.05, 0.1) is 30.2 Å². The summed E-state index contributed by atoms with van der Waals surface area (Å²) < 4.78 is 20.0. The third kappa shape index (κ3) is 6.40. The van der Waals surface area contributed by atoms with Crippen LogP contribution < -0.4 is 9.64 Å². The molecule has 5 rings (SSSR count). The average Bonchev–Trinajstić information content (AvgIpc) is 3.28. The van der Waals surface area contributed by atoms with E-state index in [0.29, 0.717) is 47.4 Å². The highest BCUT2D eigenvalue weighted by Gasteiger charge is 2.55. The number of aliphatic hydroxyl groups excluding tert-OH is 2. The Bertz CT molecular complexity index is 1520. The third-order valence-electron chi connectivity index (χ3n) is 8.45. The number of aromatic hydroxyl groups is 1. The number of imide groups is 1. The van der Waals surface area contributed by atoms with E-state index in [4.69, 9.17) is 4.74 Å². The molecule has 7 nitrogen and oxygen atoms in total. The van der Waals surface area contributed by atoms with Gasteiger partial charge in [0.1, 0.15) is 12.4 Å². The fraction of sp³-hybridized carbons (Fsp3) is 0.314. The smallest absolute Gasteiger partial charge is 0.238 e. The number of rotatable bonds is 11. The van der Waals surface area contributed by atoms with Crippen molar-refractivity contribution in [1.29, 1.82) is 0 Å². The number of halogens is 1. The molecule has 0 spiro atoms. The molecule has 1 saturated heterocycles. The van der Waals surface area contributed by atoms with E-state index < -0.39 is 42.0 Å². The minimum Gasteiger partial charge on any atom is -0.505 e. The summed E-state index contributed by atoms with van der Waals surface area (Å²) in [6, 6.07) is 22.1. The highest BCUT2D eigenvalue weighted by molar-refractivity contribution is 6.22. The van der Waals surface area contributed by atoms with Gasteiger partial charge in [-0.2, -0.15) is 0 Å². The molecule has 2 amide bonds. The first-order valence-electron chi connectivity index (χ1n) is 14.6. The fourth-order valence-electron chi connectivity index (χ4n) is 6.29. The Balaban J connectivity index is 1.44. The first kappa shape index (κ1) is 30.2. The van der Waals surface area contributed by atoms with Gasteiger partial charge in [-0.3, -0.25) is 14.5 Å². The number of phenolic OH excluding ortho intramolecular Hbond substituents is 1. The normalized spacial score (nSPS) is 21.3. The summed E-state index contributed by atoms with van der Waals surface area (Å²) >= 11 is 0. The molecule has 1 heterocycles. The molecule has 0 unspecified atom stereocenters. The zero-order valence-electron chi connectivity index (χ0n) is 24.0. The lowest BCUT2D eigenvalue weighted by Gasteiger charge is -2.36. The van der Waals surface area contributed by atoms with Crippen molar-refractivity contribution >= 4 is 23.6 Å². The number of para-hydroxylation sites is 2. The number of carbonyl (C=O) groups is 2. The third-order valence-corrected chi connectivity index (χ3v) is 8.45. The summed E-state index contributed by atoms with van der Waals surface area (Å²) in [5, 5.41) is 31.8. The van der Waals surface area contributed by atoms with E-state index in [1.165, 1.54) is 17.0 Å². The Morgan fingerprint density at radius 3 is 2.40 bits per heavy atom. The highest BCUT2D eigenvalue weighted by atomic mass is 19.1. The van der Waals surface area contributed by atoms with E-state index in [-0.39, 0.29) is 24.8 Å². The summed E-state index contributed by atoms with van der Waals surface area (Å²) in [6.45, 7) is 1.66. The van der Waals surface area contributed by atoms with Gasteiger partial charge < -0.3 is 20.1 Å². The van der Waals surface area contributed by atoms with Crippen LogP contribution in [-0.2, 0) is 9.59 Å². The zero-order valence-corrected chi connectivity index (χ0v) is 24.0. The first-order chi connectivity index (χ1) is 20.8. The molecule has 3 aromatic carbocycles. The Labute approximate surface area is 250 Å². The molecule has 1 aliphatic carbocycles. The number of phenols is 1. The van der Waals surface area contributed by atoms with Crippen LogP contribution in [0, 0.1) is 23.6 Å². The molecule has 0 radical (unpaired) electrons. The van der Waals surface area contributed by atoms with Crippen molar-refractivity contribution in [3.05, 3.63) is 107 Å². The largest absolute Gasteiger partial charge is 0.505 e. The molecule has 3 N–H and O–H groups in total. The number of benzene rings is 3. The molecule has 3 aromatic rings. The molecule has 224 valence electrons. The summed E-state index contributed by atoms with van der Waals surface area (Å²) in [7, 11) is 0. The van der Waals surface area contributed by atoms with Gasteiger partial charge in [0, 0.05) is 5.92 Å². The SMILES string of the molecule is CC/C(=C\c1ccc(O)c(F)c1)CC[C@@H](O)C1=C(COc2ccccc2)C[C@H]2C(=O)N(c3ccccc3)C(=O)[C@H]2[C@H]1CO. The van der Waals surface area contributed by atoms with Crippen LogP contribution in [0.3, 0.4) is 0 Å². The summed E-state index contributed by atoms with van der Waals surface area (Å²) in [5.41, 5.74) is 3.29. The molecule has 2 aliphatic rings. The molecule has 8 heteroatoms. The lowest BCUT2D eigenvalue weighted by molar-refractivity contribution is -0.123. The number of anilines is 1. The predicted octanol–water partition coefficient (Wildman–Crippen LogP) is 5.66. The van der Waals surface area contributed by atoms with Gasteiger partial charge in [-0.25, -0.2) is 4.39 Å². The first-order valence-corrected chi connectivity index (χ1v) is 14.6. The second-order valence-corrected chi connectivity index (χ2v) is 11.1. The topological polar surface area (TPSA) is 107 Å². The number of hydrogen-bond donors (Lipinski definition) is 3. The maximum atomic E-state index is 13.9. The fourth-order valence-corrected chi connectivity index (χ4v) is 6.29. The Morgan fingerprint density at radius 1 is 1.05 bits per heavy atom. The molecule has 0 aromatic heterocycles. The van der Waals surface area contributed by atoms with E-state index in [9.17, 15) is 29.3 Å². The maximum absolute atomic E-state index is 13.9. The molecule has 1 aliphatic heterocycles. The van der Waals surface area contributed by atoms with Crippen LogP contribution in [0.5, 0.6) is 11.5 Å². The Kier molecular flexibility index (Phi) is 9.38. The van der Waals surface area contributed by atoms with Gasteiger partial charge in [0.25, 0.3) is 0 Å². The molecular weight excluding hydrogens is 549 g/mol. The molecule has 4 atom stereocenters. The second kappa shape index (κ2) is 13.4. The highest BCUT2D eigenvalue weighted by Crippen LogP contribution is 2.47. The van der Waals surface area contributed by atoms with Gasteiger partial charge in [0.2, 0.25) is 11.8 Å². The lowest BCUT2D eigenvalue weighted by atomic mass is 9.68. The standard InChI is InChI=1S/C35H36FNO6/c1-2-22(17-23-14-15-30(39)29(36)18-23)13-16-31(40)32-24(21-43-26-11-7-4-8-12-26)19-27-33(28(32)20-38)35(42)37(34(27)41)25-9-5-3-6-10-25/h3-12,14-15,17-18,27-28,31,33,38-40H,2,13,16,19-21H2,1H3/b22-17+/t27-,28+,31-,33-/m1/s1. The van der Waals surface area contributed by atoms with Gasteiger partial charge in [-0.1, -0.05) is 61.0 Å². The van der Waals surface area contributed by atoms with Crippen LogP contribution in [0.15, 0.2) is 95.6 Å². The number of aliphatic hydroxyl groups is 2. The van der Waals surface area contributed by atoms with Crippen molar-refractivity contribution in [2.24, 2.45) is 17.8 Å². The summed E-state index contributed by atoms with van der Waals surface area (Å²) in [4.78, 5) is 28.6. The average molecular weight is 586 g/mol. The van der Waals surface area contributed by atoms with Crippen molar-refractivity contribution in [2.75, 3.05) is 18.1 Å². The minimum absolute atomic E-state index is 0.103. The number of amides is 2. The van der Waals surface area contributed by atoms with Crippen LogP contribution in [0.2, 0.25) is 0 Å². The van der Waals surface area contributed by atoms with Crippen molar-refractivity contribution in [3.8, 4) is 11.5 Å². The number of nitrogens with zero attached hydrogens (tertiary/aromatic N) is 1. The van der Waals surface area contributed by atoms with Crippen LogP contribution in [0.25, 0.3) is 6.08 Å². The van der Waals surface area contributed by atoms with Crippen molar-refractivity contribution < 1.29 is 34.0 Å². The monoisotopic (exact) mass is 585 g/mol. The number of allylic oxidation sites excluding steroid dienone is 1. The summed E-state index contributed by atoms with van der Waals surface area (Å²) in [6.07, 6.45) is 2.49. The molecule has 43 heavy (non-hydrogen) atoms. The van der Waals surface area contributed by atoms with Crippen LogP contribution >= 0.6 is 0 Å². The minimum atomic E-state index is -1.01. The van der Waals surface area contributed by atoms with Gasteiger partial charge >= 0.3 is 0 Å². The second-order valence-electron chi connectivity index (χ2n) is 11.1. The summed E-state index contributed by atoms with van der Waals surface area (Å²) in [5.74, 6) is -3.43. The van der Waals surface area contributed by atoms with Crippen molar-refractivity contribution in [3.63, 3.8) is 0 Å². The molecule has 1 fully saturated rings. The van der Waals surface area contributed by atoms with E-state index in [2.05, 4.69) is 0 Å². The number of carbonyl (C=O) groups excluding carboxylic acids is 2. The van der Waals surface area contributed by atoms with Gasteiger partial charge in [-0.15, -0.1) is 0 Å². The number of ether oxygens (including phenoxy) is 1.